The number of rotatable bonds is 6. The zero-order valence-electron chi connectivity index (χ0n) is 10.9. The standard InChI is InChI=1S/C12H24N2O2S/c1-10(11-3-4-11)14(2)7-6-13-12-5-8-17(15,16)9-12/h10-13H,3-9H2,1-2H3. The highest BCUT2D eigenvalue weighted by Crippen LogP contribution is 2.34. The van der Waals surface area contributed by atoms with E-state index in [1.54, 1.807) is 0 Å². The Morgan fingerprint density at radius 2 is 2.06 bits per heavy atom. The van der Waals surface area contributed by atoms with Crippen molar-refractivity contribution in [3.63, 3.8) is 0 Å². The van der Waals surface area contributed by atoms with E-state index in [0.29, 0.717) is 17.5 Å². The van der Waals surface area contributed by atoms with Crippen LogP contribution in [-0.2, 0) is 9.84 Å². The molecule has 0 aromatic rings. The number of hydrogen-bond acceptors (Lipinski definition) is 4. The second kappa shape index (κ2) is 5.24. The number of hydrogen-bond donors (Lipinski definition) is 1. The minimum absolute atomic E-state index is 0.185. The summed E-state index contributed by atoms with van der Waals surface area (Å²) in [6, 6.07) is 0.855. The van der Waals surface area contributed by atoms with Gasteiger partial charge in [0.1, 0.15) is 0 Å². The van der Waals surface area contributed by atoms with Crippen LogP contribution in [0.15, 0.2) is 0 Å². The van der Waals surface area contributed by atoms with E-state index >= 15 is 0 Å². The van der Waals surface area contributed by atoms with Crippen molar-refractivity contribution in [2.45, 2.75) is 38.3 Å². The molecule has 4 nitrogen and oxygen atoms in total. The summed E-state index contributed by atoms with van der Waals surface area (Å²) in [5.41, 5.74) is 0. The summed E-state index contributed by atoms with van der Waals surface area (Å²) in [6.07, 6.45) is 3.53. The third kappa shape index (κ3) is 3.93. The fraction of sp³-hybridized carbons (Fsp3) is 1.00. The van der Waals surface area contributed by atoms with Crippen molar-refractivity contribution in [2.75, 3.05) is 31.6 Å². The van der Waals surface area contributed by atoms with E-state index in [-0.39, 0.29) is 6.04 Å². The summed E-state index contributed by atoms with van der Waals surface area (Å²) >= 11 is 0. The van der Waals surface area contributed by atoms with Gasteiger partial charge in [-0.2, -0.15) is 0 Å². The van der Waals surface area contributed by atoms with Gasteiger partial charge in [-0.15, -0.1) is 0 Å². The first kappa shape index (κ1) is 13.3. The average Bonchev–Trinajstić information content (AvgIpc) is 3.03. The molecule has 1 N–H and O–H groups in total. The van der Waals surface area contributed by atoms with Crippen LogP contribution in [-0.4, -0.2) is 57.0 Å². The lowest BCUT2D eigenvalue weighted by atomic mass is 10.2. The molecule has 1 aliphatic heterocycles. The van der Waals surface area contributed by atoms with Crippen molar-refractivity contribution in [3.05, 3.63) is 0 Å². The third-order valence-electron chi connectivity index (χ3n) is 4.13. The maximum absolute atomic E-state index is 11.3. The first-order chi connectivity index (χ1) is 7.98. The first-order valence-corrected chi connectivity index (χ1v) is 8.44. The summed E-state index contributed by atoms with van der Waals surface area (Å²) in [6.45, 7) is 4.19. The normalized spacial score (nSPS) is 29.7. The Bertz CT molecular complexity index is 352. The molecule has 0 amide bonds. The van der Waals surface area contributed by atoms with Crippen molar-refractivity contribution >= 4 is 9.84 Å². The Kier molecular flexibility index (Phi) is 4.10. The zero-order chi connectivity index (χ0) is 12.5. The lowest BCUT2D eigenvalue weighted by Gasteiger charge is -2.25. The second-order valence-electron chi connectivity index (χ2n) is 5.61. The highest BCUT2D eigenvalue weighted by atomic mass is 32.2. The molecule has 0 bridgehead atoms. The molecule has 0 aromatic heterocycles. The molecular formula is C12H24N2O2S. The molecule has 1 heterocycles. The van der Waals surface area contributed by atoms with E-state index in [4.69, 9.17) is 0 Å². The Morgan fingerprint density at radius 3 is 2.59 bits per heavy atom. The van der Waals surface area contributed by atoms with Gasteiger partial charge in [0.05, 0.1) is 11.5 Å². The Balaban J connectivity index is 1.62. The highest BCUT2D eigenvalue weighted by molar-refractivity contribution is 7.91. The van der Waals surface area contributed by atoms with Crippen LogP contribution in [0.25, 0.3) is 0 Å². The molecule has 100 valence electrons. The molecule has 1 aliphatic carbocycles. The Labute approximate surface area is 105 Å². The Hall–Kier alpha value is -0.130. The van der Waals surface area contributed by atoms with E-state index in [2.05, 4.69) is 24.2 Å². The topological polar surface area (TPSA) is 49.4 Å². The van der Waals surface area contributed by atoms with Crippen LogP contribution in [0.4, 0.5) is 0 Å². The first-order valence-electron chi connectivity index (χ1n) is 6.62. The molecule has 2 rings (SSSR count). The molecule has 0 radical (unpaired) electrons. The fourth-order valence-corrected chi connectivity index (χ4v) is 4.25. The van der Waals surface area contributed by atoms with Gasteiger partial charge in [-0.05, 0) is 39.2 Å². The van der Waals surface area contributed by atoms with Gasteiger partial charge in [-0.25, -0.2) is 8.42 Å². The number of likely N-dealkylation sites (N-methyl/N-ethyl adjacent to an activating group) is 1. The number of nitrogens with one attached hydrogen (secondary N) is 1. The van der Waals surface area contributed by atoms with E-state index in [1.165, 1.54) is 12.8 Å². The second-order valence-corrected chi connectivity index (χ2v) is 7.84. The molecule has 0 aromatic carbocycles. The van der Waals surface area contributed by atoms with Crippen LogP contribution in [0.2, 0.25) is 0 Å². The van der Waals surface area contributed by atoms with Crippen molar-refractivity contribution in [2.24, 2.45) is 5.92 Å². The summed E-state index contributed by atoms with van der Waals surface area (Å²) in [4.78, 5) is 2.38. The lowest BCUT2D eigenvalue weighted by molar-refractivity contribution is 0.232. The van der Waals surface area contributed by atoms with Gasteiger partial charge in [0.15, 0.2) is 9.84 Å². The minimum atomic E-state index is -2.74. The van der Waals surface area contributed by atoms with Crippen LogP contribution in [0.1, 0.15) is 26.2 Å². The molecule has 2 aliphatic rings. The van der Waals surface area contributed by atoms with Crippen molar-refractivity contribution < 1.29 is 8.42 Å². The number of nitrogens with zero attached hydrogens (tertiary/aromatic N) is 1. The largest absolute Gasteiger partial charge is 0.312 e. The van der Waals surface area contributed by atoms with Gasteiger partial charge in [0, 0.05) is 25.2 Å². The molecule has 0 spiro atoms. The van der Waals surface area contributed by atoms with Gasteiger partial charge in [-0.3, -0.25) is 0 Å². The van der Waals surface area contributed by atoms with E-state index < -0.39 is 9.84 Å². The van der Waals surface area contributed by atoms with Gasteiger partial charge < -0.3 is 10.2 Å². The predicted octanol–water partition coefficient (Wildman–Crippen LogP) is 0.493. The highest BCUT2D eigenvalue weighted by Gasteiger charge is 2.30. The summed E-state index contributed by atoms with van der Waals surface area (Å²) in [5.74, 6) is 1.58. The van der Waals surface area contributed by atoms with Crippen LogP contribution in [0.3, 0.4) is 0 Å². The molecule has 17 heavy (non-hydrogen) atoms. The van der Waals surface area contributed by atoms with E-state index in [0.717, 1.165) is 25.4 Å². The summed E-state index contributed by atoms with van der Waals surface area (Å²) < 4.78 is 22.6. The van der Waals surface area contributed by atoms with E-state index in [1.807, 2.05) is 0 Å². The van der Waals surface area contributed by atoms with E-state index in [9.17, 15) is 8.42 Å². The van der Waals surface area contributed by atoms with Crippen molar-refractivity contribution in [3.8, 4) is 0 Å². The molecule has 2 fully saturated rings. The molecule has 5 heteroatoms. The monoisotopic (exact) mass is 260 g/mol. The van der Waals surface area contributed by atoms with Crippen LogP contribution >= 0.6 is 0 Å². The zero-order valence-corrected chi connectivity index (χ0v) is 11.7. The lowest BCUT2D eigenvalue weighted by Crippen LogP contribution is -2.40. The maximum atomic E-state index is 11.3. The van der Waals surface area contributed by atoms with Crippen LogP contribution in [0.5, 0.6) is 0 Å². The number of sulfone groups is 1. The summed E-state index contributed by atoms with van der Waals surface area (Å²) in [7, 11) is -0.579. The van der Waals surface area contributed by atoms with Gasteiger partial charge in [0.2, 0.25) is 0 Å². The molecule has 1 saturated carbocycles. The van der Waals surface area contributed by atoms with Crippen molar-refractivity contribution in [1.29, 1.82) is 0 Å². The van der Waals surface area contributed by atoms with Gasteiger partial charge in [-0.1, -0.05) is 0 Å². The summed E-state index contributed by atoms with van der Waals surface area (Å²) in [5, 5.41) is 3.36. The van der Waals surface area contributed by atoms with Crippen LogP contribution in [0, 0.1) is 5.92 Å². The Morgan fingerprint density at radius 1 is 1.35 bits per heavy atom. The quantitative estimate of drug-likeness (QED) is 0.755. The van der Waals surface area contributed by atoms with Gasteiger partial charge in [0.25, 0.3) is 0 Å². The average molecular weight is 260 g/mol. The minimum Gasteiger partial charge on any atom is -0.312 e. The van der Waals surface area contributed by atoms with Crippen molar-refractivity contribution in [1.82, 2.24) is 10.2 Å². The molecular weight excluding hydrogens is 236 g/mol. The SMILES string of the molecule is CC(C1CC1)N(C)CCNC1CCS(=O)(=O)C1. The molecule has 2 unspecified atom stereocenters. The molecule has 1 saturated heterocycles. The smallest absolute Gasteiger partial charge is 0.151 e. The predicted molar refractivity (Wildman–Crippen MR) is 69.9 cm³/mol. The fourth-order valence-electron chi connectivity index (χ4n) is 2.54. The maximum Gasteiger partial charge on any atom is 0.151 e. The van der Waals surface area contributed by atoms with Gasteiger partial charge >= 0.3 is 0 Å². The molecule has 2 atom stereocenters. The third-order valence-corrected chi connectivity index (χ3v) is 5.90. The van der Waals surface area contributed by atoms with Crippen LogP contribution < -0.4 is 5.32 Å².